The number of hydrogen-bond acceptors (Lipinski definition) is 4. The second-order valence-corrected chi connectivity index (χ2v) is 5.87. The minimum Gasteiger partial charge on any atom is -0.461 e. The van der Waals surface area contributed by atoms with Crippen molar-refractivity contribution in [2.45, 2.75) is 40.2 Å². The first-order valence-corrected chi connectivity index (χ1v) is 7.05. The van der Waals surface area contributed by atoms with Crippen molar-refractivity contribution in [2.75, 3.05) is 19.9 Å². The molecule has 6 heteroatoms. The van der Waals surface area contributed by atoms with E-state index in [1.165, 1.54) is 0 Å². The molecule has 0 radical (unpaired) electrons. The van der Waals surface area contributed by atoms with Crippen LogP contribution in [0, 0.1) is 13.8 Å². The van der Waals surface area contributed by atoms with E-state index in [4.69, 9.17) is 9.47 Å². The summed E-state index contributed by atoms with van der Waals surface area (Å²) < 4.78 is 10.4. The fourth-order valence-electron chi connectivity index (χ4n) is 2.59. The summed E-state index contributed by atoms with van der Waals surface area (Å²) in [6.45, 7) is 10.3. The van der Waals surface area contributed by atoms with Gasteiger partial charge in [0, 0.05) is 5.69 Å². The summed E-state index contributed by atoms with van der Waals surface area (Å²) >= 11 is 0. The fourth-order valence-corrected chi connectivity index (χ4v) is 2.59. The lowest BCUT2D eigenvalue weighted by Crippen LogP contribution is -2.44. The van der Waals surface area contributed by atoms with E-state index in [0.717, 1.165) is 0 Å². The molecule has 1 N–H and O–H groups in total. The molecule has 1 aliphatic rings. The van der Waals surface area contributed by atoms with Crippen LogP contribution in [0.1, 0.15) is 52.9 Å². The summed E-state index contributed by atoms with van der Waals surface area (Å²) in [6, 6.07) is 0. The molecule has 0 saturated carbocycles. The van der Waals surface area contributed by atoms with Gasteiger partial charge < -0.3 is 19.4 Å². The predicted octanol–water partition coefficient (Wildman–Crippen LogP) is 2.02. The summed E-state index contributed by atoms with van der Waals surface area (Å²) in [4.78, 5) is 29.3. The van der Waals surface area contributed by atoms with Gasteiger partial charge in [0.15, 0.2) is 0 Å². The van der Waals surface area contributed by atoms with Gasteiger partial charge in [0.2, 0.25) is 0 Å². The number of ether oxygens (including phenoxy) is 2. The van der Waals surface area contributed by atoms with Crippen molar-refractivity contribution in [2.24, 2.45) is 0 Å². The van der Waals surface area contributed by atoms with Crippen molar-refractivity contribution in [3.63, 3.8) is 0 Å². The highest BCUT2D eigenvalue weighted by Crippen LogP contribution is 2.27. The van der Waals surface area contributed by atoms with Crippen LogP contribution in [-0.2, 0) is 9.47 Å². The second-order valence-electron chi connectivity index (χ2n) is 5.87. The number of hydrogen-bond donors (Lipinski definition) is 1. The minimum absolute atomic E-state index is 0.126. The lowest BCUT2D eigenvalue weighted by molar-refractivity contribution is 0.0519. The molecular weight excluding hydrogens is 272 g/mol. The van der Waals surface area contributed by atoms with Crippen molar-refractivity contribution in [3.8, 4) is 0 Å². The Hall–Kier alpha value is -1.82. The Morgan fingerprint density at radius 2 is 2.05 bits per heavy atom. The van der Waals surface area contributed by atoms with Gasteiger partial charge in [0.05, 0.1) is 24.3 Å². The zero-order valence-electron chi connectivity index (χ0n) is 13.2. The summed E-state index contributed by atoms with van der Waals surface area (Å²) in [5.74, 6) is -0.562. The van der Waals surface area contributed by atoms with E-state index in [0.29, 0.717) is 35.7 Å². The minimum atomic E-state index is -0.436. The third kappa shape index (κ3) is 2.68. The van der Waals surface area contributed by atoms with Crippen LogP contribution in [-0.4, -0.2) is 47.2 Å². The number of nitrogens with zero attached hydrogens (tertiary/aromatic N) is 1. The molecule has 0 bridgehead atoms. The highest BCUT2D eigenvalue weighted by molar-refractivity contribution is 6.01. The number of carbonyl (C=O) groups excluding carboxylic acids is 2. The monoisotopic (exact) mass is 294 g/mol. The van der Waals surface area contributed by atoms with Gasteiger partial charge in [0.1, 0.15) is 12.4 Å². The first-order valence-electron chi connectivity index (χ1n) is 7.05. The maximum atomic E-state index is 12.8. The van der Waals surface area contributed by atoms with Gasteiger partial charge >= 0.3 is 5.97 Å². The van der Waals surface area contributed by atoms with Gasteiger partial charge in [-0.05, 0) is 40.2 Å². The van der Waals surface area contributed by atoms with Crippen LogP contribution in [0.4, 0.5) is 0 Å². The van der Waals surface area contributed by atoms with E-state index < -0.39 is 5.97 Å². The van der Waals surface area contributed by atoms with Crippen molar-refractivity contribution in [3.05, 3.63) is 22.5 Å². The van der Waals surface area contributed by atoms with Crippen LogP contribution >= 0.6 is 0 Å². The molecule has 6 nitrogen and oxygen atoms in total. The first kappa shape index (κ1) is 15.6. The van der Waals surface area contributed by atoms with Crippen LogP contribution in [0.3, 0.4) is 0 Å². The van der Waals surface area contributed by atoms with Gasteiger partial charge in [-0.1, -0.05) is 0 Å². The van der Waals surface area contributed by atoms with E-state index in [9.17, 15) is 9.59 Å². The van der Waals surface area contributed by atoms with E-state index in [1.807, 2.05) is 13.8 Å². The molecule has 0 spiro atoms. The molecule has 2 heterocycles. The molecule has 1 aliphatic heterocycles. The van der Waals surface area contributed by atoms with Gasteiger partial charge in [0.25, 0.3) is 5.91 Å². The van der Waals surface area contributed by atoms with E-state index in [-0.39, 0.29) is 18.2 Å². The number of aromatic amines is 1. The number of esters is 1. The highest BCUT2D eigenvalue weighted by Gasteiger charge is 2.38. The maximum absolute atomic E-state index is 12.8. The largest absolute Gasteiger partial charge is 0.461 e. The molecule has 1 saturated heterocycles. The number of carbonyl (C=O) groups is 2. The number of aryl methyl sites for hydroxylation is 1. The van der Waals surface area contributed by atoms with E-state index >= 15 is 0 Å². The Bertz CT molecular complexity index is 574. The molecule has 1 aromatic heterocycles. The van der Waals surface area contributed by atoms with Crippen molar-refractivity contribution in [1.82, 2.24) is 9.88 Å². The first-order chi connectivity index (χ1) is 9.79. The third-order valence-electron chi connectivity index (χ3n) is 3.78. The molecule has 1 aromatic rings. The molecule has 0 unspecified atom stereocenters. The molecule has 0 atom stereocenters. The molecule has 1 fully saturated rings. The molecule has 0 aliphatic carbocycles. The topological polar surface area (TPSA) is 71.6 Å². The second kappa shape index (κ2) is 5.52. The van der Waals surface area contributed by atoms with Crippen LogP contribution in [0.15, 0.2) is 0 Å². The van der Waals surface area contributed by atoms with Gasteiger partial charge in [-0.25, -0.2) is 4.79 Å². The van der Waals surface area contributed by atoms with E-state index in [1.54, 1.807) is 25.7 Å². The Kier molecular flexibility index (Phi) is 4.09. The summed E-state index contributed by atoms with van der Waals surface area (Å²) in [6.07, 6.45) is 0. The molecule has 1 amide bonds. The lowest BCUT2D eigenvalue weighted by Gasteiger charge is -2.29. The quantitative estimate of drug-likeness (QED) is 0.866. The summed E-state index contributed by atoms with van der Waals surface area (Å²) in [7, 11) is 0. The fraction of sp³-hybridized carbons (Fsp3) is 0.600. The van der Waals surface area contributed by atoms with Gasteiger partial charge in [-0.2, -0.15) is 0 Å². The smallest absolute Gasteiger partial charge is 0.355 e. The number of amides is 1. The van der Waals surface area contributed by atoms with Crippen LogP contribution < -0.4 is 0 Å². The third-order valence-corrected chi connectivity index (χ3v) is 3.78. The number of aromatic nitrogens is 1. The zero-order chi connectivity index (χ0) is 15.8. The van der Waals surface area contributed by atoms with Gasteiger partial charge in [-0.15, -0.1) is 0 Å². The average molecular weight is 294 g/mol. The van der Waals surface area contributed by atoms with Gasteiger partial charge in [-0.3, -0.25) is 4.79 Å². The van der Waals surface area contributed by atoms with Crippen molar-refractivity contribution in [1.29, 1.82) is 0 Å². The molecular formula is C15H22N2O4. The zero-order valence-corrected chi connectivity index (χ0v) is 13.2. The summed E-state index contributed by atoms with van der Waals surface area (Å²) in [5, 5.41) is 0. The Morgan fingerprint density at radius 1 is 1.38 bits per heavy atom. The Labute approximate surface area is 124 Å². The van der Waals surface area contributed by atoms with Crippen LogP contribution in [0.5, 0.6) is 0 Å². The standard InChI is InChI=1S/C15H22N2O4/c1-6-21-14(19)12-9(2)11(10(3)16-12)13(18)17-8-20-7-15(17,4)5/h16H,6-8H2,1-5H3. The Balaban J connectivity index is 2.36. The maximum Gasteiger partial charge on any atom is 0.355 e. The van der Waals surface area contributed by atoms with Crippen molar-refractivity contribution >= 4 is 11.9 Å². The average Bonchev–Trinajstić information content (AvgIpc) is 2.89. The van der Waals surface area contributed by atoms with Crippen LogP contribution in [0.25, 0.3) is 0 Å². The molecule has 0 aromatic carbocycles. The number of H-pyrrole nitrogens is 1. The predicted molar refractivity (Wildman–Crippen MR) is 77.3 cm³/mol. The van der Waals surface area contributed by atoms with Crippen LogP contribution in [0.2, 0.25) is 0 Å². The Morgan fingerprint density at radius 3 is 2.57 bits per heavy atom. The van der Waals surface area contributed by atoms with E-state index in [2.05, 4.69) is 4.98 Å². The molecule has 2 rings (SSSR count). The molecule has 21 heavy (non-hydrogen) atoms. The molecule has 116 valence electrons. The lowest BCUT2D eigenvalue weighted by atomic mass is 10.0. The number of rotatable bonds is 3. The normalized spacial score (nSPS) is 17.1. The SMILES string of the molecule is CCOC(=O)c1[nH]c(C)c(C(=O)N2COCC2(C)C)c1C. The number of nitrogens with one attached hydrogen (secondary N) is 1. The highest BCUT2D eigenvalue weighted by atomic mass is 16.5. The van der Waals surface area contributed by atoms with Crippen molar-refractivity contribution < 1.29 is 19.1 Å². The summed E-state index contributed by atoms with van der Waals surface area (Å²) in [5.41, 5.74) is 1.81.